The van der Waals surface area contributed by atoms with E-state index in [1.165, 1.54) is 24.5 Å². The van der Waals surface area contributed by atoms with Gasteiger partial charge in [0.2, 0.25) is 0 Å². The maximum Gasteiger partial charge on any atom is 0.170 e. The van der Waals surface area contributed by atoms with Crippen LogP contribution in [0.25, 0.3) is 0 Å². The molecule has 1 aromatic carbocycles. The van der Waals surface area contributed by atoms with Gasteiger partial charge in [0.1, 0.15) is 5.82 Å². The zero-order chi connectivity index (χ0) is 13.1. The van der Waals surface area contributed by atoms with Crippen LogP contribution < -0.4 is 0 Å². The summed E-state index contributed by atoms with van der Waals surface area (Å²) in [4.78, 5) is 15.8. The van der Waals surface area contributed by atoms with Crippen LogP contribution in [0.15, 0.2) is 36.7 Å². The maximum atomic E-state index is 13.6. The van der Waals surface area contributed by atoms with E-state index in [1.54, 1.807) is 6.07 Å². The molecule has 2 nitrogen and oxygen atoms in total. The van der Waals surface area contributed by atoms with Crippen molar-refractivity contribution in [3.8, 4) is 0 Å². The minimum Gasteiger partial charge on any atom is -0.294 e. The zero-order valence-corrected chi connectivity index (χ0v) is 10.7. The number of carbonyl (C=O) groups is 1. The molecular formula is C13H8Cl2FNO. The van der Waals surface area contributed by atoms with Crippen molar-refractivity contribution < 1.29 is 9.18 Å². The summed E-state index contributed by atoms with van der Waals surface area (Å²) in [5.41, 5.74) is 0.623. The van der Waals surface area contributed by atoms with E-state index in [0.717, 1.165) is 6.07 Å². The van der Waals surface area contributed by atoms with Crippen LogP contribution >= 0.6 is 23.2 Å². The summed E-state index contributed by atoms with van der Waals surface area (Å²) < 4.78 is 13.6. The van der Waals surface area contributed by atoms with Crippen LogP contribution in [0.4, 0.5) is 4.39 Å². The van der Waals surface area contributed by atoms with Crippen molar-refractivity contribution in [3.63, 3.8) is 0 Å². The summed E-state index contributed by atoms with van der Waals surface area (Å²) in [7, 11) is 0. The Morgan fingerprint density at radius 1 is 1.28 bits per heavy atom. The molecule has 0 aliphatic carbocycles. The number of ketones is 1. The van der Waals surface area contributed by atoms with E-state index in [0.29, 0.717) is 10.6 Å². The molecule has 0 N–H and O–H groups in total. The van der Waals surface area contributed by atoms with Gasteiger partial charge in [-0.3, -0.25) is 9.78 Å². The smallest absolute Gasteiger partial charge is 0.170 e. The maximum absolute atomic E-state index is 13.6. The largest absolute Gasteiger partial charge is 0.294 e. The van der Waals surface area contributed by atoms with Crippen molar-refractivity contribution in [1.82, 2.24) is 4.98 Å². The fraction of sp³-hybridized carbons (Fsp3) is 0.0769. The first kappa shape index (κ1) is 13.0. The lowest BCUT2D eigenvalue weighted by atomic mass is 10.0. The monoisotopic (exact) mass is 283 g/mol. The Bertz CT molecular complexity index is 601. The highest BCUT2D eigenvalue weighted by molar-refractivity contribution is 6.31. The van der Waals surface area contributed by atoms with Crippen molar-refractivity contribution in [2.45, 2.75) is 6.42 Å². The molecule has 0 unspecified atom stereocenters. The van der Waals surface area contributed by atoms with Crippen LogP contribution in [0, 0.1) is 5.82 Å². The molecule has 18 heavy (non-hydrogen) atoms. The molecule has 92 valence electrons. The van der Waals surface area contributed by atoms with Crippen LogP contribution in [0.3, 0.4) is 0 Å². The Labute approximate surface area is 113 Å². The highest BCUT2D eigenvalue weighted by Gasteiger charge is 2.14. The standard InChI is InChI=1S/C13H8Cl2FNO/c14-9-1-2-10(12(16)6-9)13(18)5-8-3-4-17-7-11(8)15/h1-4,6-7H,5H2. The molecule has 0 bridgehead atoms. The molecule has 0 spiro atoms. The lowest BCUT2D eigenvalue weighted by Crippen LogP contribution is -2.06. The molecule has 1 heterocycles. The summed E-state index contributed by atoms with van der Waals surface area (Å²) >= 11 is 11.5. The van der Waals surface area contributed by atoms with Crippen molar-refractivity contribution in [2.24, 2.45) is 0 Å². The van der Waals surface area contributed by atoms with Gasteiger partial charge in [-0.1, -0.05) is 23.2 Å². The second kappa shape index (κ2) is 5.46. The number of pyridine rings is 1. The van der Waals surface area contributed by atoms with Gasteiger partial charge in [-0.05, 0) is 29.8 Å². The van der Waals surface area contributed by atoms with Crippen LogP contribution in [-0.2, 0) is 6.42 Å². The highest BCUT2D eigenvalue weighted by atomic mass is 35.5. The summed E-state index contributed by atoms with van der Waals surface area (Å²) in [6, 6.07) is 5.60. The van der Waals surface area contributed by atoms with Crippen LogP contribution in [0.5, 0.6) is 0 Å². The zero-order valence-electron chi connectivity index (χ0n) is 9.16. The van der Waals surface area contributed by atoms with E-state index < -0.39 is 5.82 Å². The number of halogens is 3. The quantitative estimate of drug-likeness (QED) is 0.799. The molecule has 0 aliphatic heterocycles. The average molecular weight is 284 g/mol. The molecule has 0 aliphatic rings. The van der Waals surface area contributed by atoms with Crippen molar-refractivity contribution in [1.29, 1.82) is 0 Å². The number of benzene rings is 1. The number of hydrogen-bond acceptors (Lipinski definition) is 2. The summed E-state index contributed by atoms with van der Waals surface area (Å²) in [6.45, 7) is 0. The minimum atomic E-state index is -0.627. The SMILES string of the molecule is O=C(Cc1ccncc1Cl)c1ccc(Cl)cc1F. The van der Waals surface area contributed by atoms with E-state index in [9.17, 15) is 9.18 Å². The summed E-state index contributed by atoms with van der Waals surface area (Å²) in [6.07, 6.45) is 3.01. The first-order valence-corrected chi connectivity index (χ1v) is 5.90. The average Bonchev–Trinajstić information content (AvgIpc) is 2.32. The number of nitrogens with zero attached hydrogens (tertiary/aromatic N) is 1. The van der Waals surface area contributed by atoms with Crippen LogP contribution in [0.1, 0.15) is 15.9 Å². The van der Waals surface area contributed by atoms with Crippen molar-refractivity contribution in [3.05, 3.63) is 63.6 Å². The van der Waals surface area contributed by atoms with Crippen molar-refractivity contribution in [2.75, 3.05) is 0 Å². The Morgan fingerprint density at radius 2 is 2.06 bits per heavy atom. The fourth-order valence-corrected chi connectivity index (χ4v) is 1.88. The van der Waals surface area contributed by atoms with E-state index in [4.69, 9.17) is 23.2 Å². The third-order valence-electron chi connectivity index (χ3n) is 2.44. The lowest BCUT2D eigenvalue weighted by molar-refractivity contribution is 0.0989. The van der Waals surface area contributed by atoms with Gasteiger partial charge >= 0.3 is 0 Å². The second-order valence-electron chi connectivity index (χ2n) is 3.69. The Hall–Kier alpha value is -1.45. The Morgan fingerprint density at radius 3 is 2.72 bits per heavy atom. The van der Waals surface area contributed by atoms with Gasteiger partial charge in [0.15, 0.2) is 5.78 Å². The molecule has 0 radical (unpaired) electrons. The number of rotatable bonds is 3. The first-order valence-electron chi connectivity index (χ1n) is 5.14. The topological polar surface area (TPSA) is 30.0 Å². The van der Waals surface area contributed by atoms with Crippen molar-refractivity contribution >= 4 is 29.0 Å². The van der Waals surface area contributed by atoms with Gasteiger partial charge in [0.25, 0.3) is 0 Å². The van der Waals surface area contributed by atoms with Gasteiger partial charge in [-0.15, -0.1) is 0 Å². The molecule has 0 atom stereocenters. The molecule has 0 fully saturated rings. The van der Waals surface area contributed by atoms with E-state index >= 15 is 0 Å². The summed E-state index contributed by atoms with van der Waals surface area (Å²) in [5.74, 6) is -0.977. The van der Waals surface area contributed by atoms with E-state index in [1.807, 2.05) is 0 Å². The molecule has 0 amide bonds. The number of aromatic nitrogens is 1. The van der Waals surface area contributed by atoms with E-state index in [-0.39, 0.29) is 22.8 Å². The highest BCUT2D eigenvalue weighted by Crippen LogP contribution is 2.19. The Kier molecular flexibility index (Phi) is 3.94. The molecule has 2 rings (SSSR count). The Balaban J connectivity index is 2.25. The molecule has 0 saturated carbocycles. The normalized spacial score (nSPS) is 10.4. The van der Waals surface area contributed by atoms with E-state index in [2.05, 4.69) is 4.98 Å². The van der Waals surface area contributed by atoms with Crippen LogP contribution in [0.2, 0.25) is 10.0 Å². The van der Waals surface area contributed by atoms with Gasteiger partial charge in [-0.25, -0.2) is 4.39 Å². The predicted octanol–water partition coefficient (Wildman–Crippen LogP) is 3.95. The molecule has 1 aromatic heterocycles. The predicted molar refractivity (Wildman–Crippen MR) is 68.7 cm³/mol. The third kappa shape index (κ3) is 2.86. The number of hydrogen-bond donors (Lipinski definition) is 0. The lowest BCUT2D eigenvalue weighted by Gasteiger charge is -2.04. The number of carbonyl (C=O) groups excluding carboxylic acids is 1. The molecular weight excluding hydrogens is 276 g/mol. The molecule has 0 saturated heterocycles. The van der Waals surface area contributed by atoms with Gasteiger partial charge in [0, 0.05) is 23.8 Å². The van der Waals surface area contributed by atoms with Gasteiger partial charge in [0.05, 0.1) is 10.6 Å². The van der Waals surface area contributed by atoms with Crippen LogP contribution in [-0.4, -0.2) is 10.8 Å². The van der Waals surface area contributed by atoms with Gasteiger partial charge < -0.3 is 0 Å². The molecule has 2 aromatic rings. The van der Waals surface area contributed by atoms with Gasteiger partial charge in [-0.2, -0.15) is 0 Å². The fourth-order valence-electron chi connectivity index (χ4n) is 1.53. The third-order valence-corrected chi connectivity index (χ3v) is 3.01. The number of Topliss-reactive ketones (excluding diaryl/α,β-unsaturated/α-hetero) is 1. The molecule has 5 heteroatoms. The minimum absolute atomic E-state index is 0.00674. The first-order chi connectivity index (χ1) is 8.58. The summed E-state index contributed by atoms with van der Waals surface area (Å²) in [5, 5.41) is 0.645. The second-order valence-corrected chi connectivity index (χ2v) is 4.53.